The zero-order valence-corrected chi connectivity index (χ0v) is 16.2. The number of rotatable bonds is 7. The smallest absolute Gasteiger partial charge is 0.374 e. The van der Waals surface area contributed by atoms with Crippen LogP contribution in [0, 0.1) is 0 Å². The van der Waals surface area contributed by atoms with Gasteiger partial charge in [-0.2, -0.15) is 0 Å². The van der Waals surface area contributed by atoms with Gasteiger partial charge in [-0.1, -0.05) is 0 Å². The van der Waals surface area contributed by atoms with Gasteiger partial charge < -0.3 is 28.7 Å². The van der Waals surface area contributed by atoms with E-state index < -0.39 is 56.7 Å². The molecule has 5 atom stereocenters. The molecule has 2 heterocycles. The third-order valence-electron chi connectivity index (χ3n) is 3.41. The number of phosphoric acid groups is 1. The van der Waals surface area contributed by atoms with E-state index in [1.807, 2.05) is 0 Å². The van der Waals surface area contributed by atoms with Crippen molar-refractivity contribution < 1.29 is 37.8 Å². The Kier molecular flexibility index (Phi) is 6.73. The second-order valence-corrected chi connectivity index (χ2v) is 10.5. The Hall–Kier alpha value is -0.720. The number of nitrogens with zero attached hydrogens (tertiary/aromatic N) is 1. The van der Waals surface area contributed by atoms with Crippen molar-refractivity contribution in [1.82, 2.24) is 9.55 Å². The van der Waals surface area contributed by atoms with Crippen molar-refractivity contribution in [3.05, 3.63) is 33.1 Å². The third-order valence-corrected chi connectivity index (χ3v) is 4.79. The van der Waals surface area contributed by atoms with E-state index in [-0.39, 0.29) is 0 Å². The standard InChI is InChI=1S/C11H18N2O10P2S/c1-20-9-8(23-24(2,16)26)6(5-21-25(17,18)19)22-10(9)13-4-3-7(14)12-11(13)15/h3-4,6,8-10H,5H2,1-2H3,(H,16,26)(H,12,14,15)(H2,17,18,19)/t6-,8-,9-,10-,24?/m1/s1. The fourth-order valence-corrected chi connectivity index (χ4v) is 3.81. The molecule has 0 amide bonds. The van der Waals surface area contributed by atoms with Crippen molar-refractivity contribution in [2.24, 2.45) is 0 Å². The largest absolute Gasteiger partial charge is 0.469 e. The summed E-state index contributed by atoms with van der Waals surface area (Å²) in [7, 11) is -3.52. The molecule has 26 heavy (non-hydrogen) atoms. The van der Waals surface area contributed by atoms with E-state index in [9.17, 15) is 19.0 Å². The highest BCUT2D eigenvalue weighted by molar-refractivity contribution is 8.09. The van der Waals surface area contributed by atoms with Gasteiger partial charge in [-0.3, -0.25) is 18.9 Å². The average Bonchev–Trinajstić information content (AvgIpc) is 2.80. The number of aromatic amines is 1. The van der Waals surface area contributed by atoms with Crippen molar-refractivity contribution in [3.8, 4) is 0 Å². The predicted molar refractivity (Wildman–Crippen MR) is 91.3 cm³/mol. The predicted octanol–water partition coefficient (Wildman–Crippen LogP) is -1.12. The molecule has 1 aromatic rings. The molecular formula is C11H18N2O10P2S. The van der Waals surface area contributed by atoms with Crippen LogP contribution in [0.1, 0.15) is 6.23 Å². The first kappa shape index (κ1) is 21.6. The molecule has 1 unspecified atom stereocenters. The van der Waals surface area contributed by atoms with Crippen LogP contribution in [0.2, 0.25) is 0 Å². The van der Waals surface area contributed by atoms with Crippen LogP contribution in [-0.4, -0.2) is 62.9 Å². The Balaban J connectivity index is 2.37. The molecule has 2 rings (SSSR count). The molecular weight excluding hydrogens is 414 g/mol. The summed E-state index contributed by atoms with van der Waals surface area (Å²) in [6, 6.07) is 1.09. The van der Waals surface area contributed by atoms with Crippen LogP contribution in [0.4, 0.5) is 0 Å². The summed E-state index contributed by atoms with van der Waals surface area (Å²) in [5.41, 5.74) is -1.41. The molecule has 4 N–H and O–H groups in total. The minimum Gasteiger partial charge on any atom is -0.374 e. The highest BCUT2D eigenvalue weighted by atomic mass is 32.5. The van der Waals surface area contributed by atoms with E-state index in [1.165, 1.54) is 20.0 Å². The van der Waals surface area contributed by atoms with Crippen LogP contribution in [0.5, 0.6) is 0 Å². The third kappa shape index (κ3) is 5.64. The summed E-state index contributed by atoms with van der Waals surface area (Å²) >= 11 is 4.85. The number of H-pyrrole nitrogens is 1. The maximum Gasteiger partial charge on any atom is 0.469 e. The molecule has 15 heteroatoms. The van der Waals surface area contributed by atoms with Crippen LogP contribution < -0.4 is 11.2 Å². The summed E-state index contributed by atoms with van der Waals surface area (Å²) in [5, 5.41) is 0. The minimum absolute atomic E-state index is 0.612. The number of hydrogen-bond acceptors (Lipinski definition) is 8. The first-order valence-corrected chi connectivity index (χ1v) is 11.7. The first-order chi connectivity index (χ1) is 11.9. The van der Waals surface area contributed by atoms with E-state index in [4.69, 9.17) is 35.6 Å². The molecule has 1 aliphatic heterocycles. The van der Waals surface area contributed by atoms with Gasteiger partial charge in [-0.25, -0.2) is 9.36 Å². The Morgan fingerprint density at radius 1 is 1.35 bits per heavy atom. The number of phosphoric ester groups is 1. The Bertz CT molecular complexity index is 844. The van der Waals surface area contributed by atoms with Crippen LogP contribution in [0.3, 0.4) is 0 Å². The Morgan fingerprint density at radius 3 is 2.50 bits per heavy atom. The quantitative estimate of drug-likeness (QED) is 0.385. The van der Waals surface area contributed by atoms with Crippen LogP contribution >= 0.6 is 14.3 Å². The van der Waals surface area contributed by atoms with Gasteiger partial charge in [-0.15, -0.1) is 0 Å². The lowest BCUT2D eigenvalue weighted by Gasteiger charge is -2.25. The zero-order valence-electron chi connectivity index (χ0n) is 13.6. The van der Waals surface area contributed by atoms with E-state index in [1.54, 1.807) is 0 Å². The molecule has 1 saturated heterocycles. The maximum atomic E-state index is 12.0. The molecule has 1 aromatic heterocycles. The van der Waals surface area contributed by atoms with Gasteiger partial charge in [0.1, 0.15) is 18.3 Å². The Morgan fingerprint density at radius 2 is 2.00 bits per heavy atom. The normalized spacial score (nSPS) is 28.8. The summed E-state index contributed by atoms with van der Waals surface area (Å²) < 4.78 is 32.7. The van der Waals surface area contributed by atoms with Crippen LogP contribution in [-0.2, 0) is 34.9 Å². The van der Waals surface area contributed by atoms with Crippen LogP contribution in [0.15, 0.2) is 21.9 Å². The first-order valence-electron chi connectivity index (χ1n) is 7.10. The number of aromatic nitrogens is 2. The van der Waals surface area contributed by atoms with Crippen molar-refractivity contribution in [2.45, 2.75) is 24.5 Å². The molecule has 12 nitrogen and oxygen atoms in total. The molecule has 1 fully saturated rings. The average molecular weight is 432 g/mol. The van der Waals surface area contributed by atoms with E-state index in [0.717, 1.165) is 10.6 Å². The van der Waals surface area contributed by atoms with Crippen LogP contribution in [0.25, 0.3) is 0 Å². The molecule has 0 saturated carbocycles. The topological polar surface area (TPSA) is 170 Å². The minimum atomic E-state index is -4.80. The summed E-state index contributed by atoms with van der Waals surface area (Å²) in [4.78, 5) is 52.9. The highest BCUT2D eigenvalue weighted by Gasteiger charge is 2.49. The number of nitrogens with one attached hydrogen (secondary N) is 1. The molecule has 148 valence electrons. The van der Waals surface area contributed by atoms with Gasteiger partial charge >= 0.3 is 13.5 Å². The highest BCUT2D eigenvalue weighted by Crippen LogP contribution is 2.46. The van der Waals surface area contributed by atoms with E-state index in [2.05, 4.69) is 9.51 Å². The lowest BCUT2D eigenvalue weighted by Crippen LogP contribution is -2.39. The number of ether oxygens (including phenoxy) is 2. The van der Waals surface area contributed by atoms with E-state index in [0.29, 0.717) is 0 Å². The molecule has 1 aliphatic rings. The van der Waals surface area contributed by atoms with Gasteiger partial charge in [0.2, 0.25) is 0 Å². The zero-order chi connectivity index (χ0) is 19.7. The second-order valence-electron chi connectivity index (χ2n) is 5.44. The lowest BCUT2D eigenvalue weighted by molar-refractivity contribution is -0.0620. The molecule has 0 aromatic carbocycles. The molecule has 0 aliphatic carbocycles. The van der Waals surface area contributed by atoms with Gasteiger partial charge in [0.15, 0.2) is 12.7 Å². The monoisotopic (exact) mass is 432 g/mol. The van der Waals surface area contributed by atoms with Crippen molar-refractivity contribution in [1.29, 1.82) is 0 Å². The summed E-state index contributed by atoms with van der Waals surface area (Å²) in [6.45, 7) is -2.57. The fraction of sp³-hybridized carbons (Fsp3) is 0.636. The molecule has 0 bridgehead atoms. The van der Waals surface area contributed by atoms with Crippen molar-refractivity contribution >= 4 is 26.1 Å². The fourth-order valence-electron chi connectivity index (χ4n) is 2.47. The van der Waals surface area contributed by atoms with Crippen molar-refractivity contribution in [2.75, 3.05) is 20.4 Å². The van der Waals surface area contributed by atoms with Crippen molar-refractivity contribution in [3.63, 3.8) is 0 Å². The van der Waals surface area contributed by atoms with Gasteiger partial charge in [0, 0.05) is 26.0 Å². The van der Waals surface area contributed by atoms with Gasteiger partial charge in [-0.05, 0) is 11.8 Å². The maximum absolute atomic E-state index is 12.0. The SMILES string of the molecule is CO[C@@H]1[C@H](OP(C)(O)=S)[C@@H](COP(=O)(O)O)O[C@H]1n1ccc(=O)[nH]c1=O. The summed E-state index contributed by atoms with van der Waals surface area (Å²) in [5.74, 6) is 0. The lowest BCUT2D eigenvalue weighted by atomic mass is 10.1. The van der Waals surface area contributed by atoms with Gasteiger partial charge in [0.05, 0.1) is 6.61 Å². The Labute approximate surface area is 152 Å². The number of hydrogen-bond donors (Lipinski definition) is 4. The second kappa shape index (κ2) is 8.11. The van der Waals surface area contributed by atoms with Gasteiger partial charge in [0.25, 0.3) is 5.56 Å². The van der Waals surface area contributed by atoms with E-state index >= 15 is 0 Å². The molecule has 0 spiro atoms. The number of methoxy groups -OCH3 is 1. The molecule has 0 radical (unpaired) electrons. The summed E-state index contributed by atoms with van der Waals surface area (Å²) in [6.07, 6.45) is -3.15.